The van der Waals surface area contributed by atoms with Crippen LogP contribution in [0.3, 0.4) is 0 Å². The number of nitriles is 1. The molecule has 11 nitrogen and oxygen atoms in total. The van der Waals surface area contributed by atoms with E-state index in [0.717, 1.165) is 33.6 Å². The highest BCUT2D eigenvalue weighted by molar-refractivity contribution is 5.87. The number of ether oxygens (including phenoxy) is 1. The number of fused-ring (bicyclic) bond motifs is 2. The quantitative estimate of drug-likeness (QED) is 0.318. The van der Waals surface area contributed by atoms with Gasteiger partial charge in [-0.1, -0.05) is 6.07 Å². The number of hydrogen-bond acceptors (Lipinski definition) is 9. The molecule has 0 aliphatic carbocycles. The topological polar surface area (TPSA) is 126 Å². The lowest BCUT2D eigenvalue weighted by Gasteiger charge is -2.51. The maximum absolute atomic E-state index is 14.4. The Morgan fingerprint density at radius 1 is 1.07 bits per heavy atom. The lowest BCUT2D eigenvalue weighted by atomic mass is 9.84. The summed E-state index contributed by atoms with van der Waals surface area (Å²) in [6, 6.07) is 11.9. The van der Waals surface area contributed by atoms with E-state index in [2.05, 4.69) is 31.1 Å². The Morgan fingerprint density at radius 2 is 1.95 bits per heavy atom. The molecular formula is C30H29FN10O. The minimum absolute atomic E-state index is 0.107. The van der Waals surface area contributed by atoms with Crippen LogP contribution in [0.5, 0.6) is 5.88 Å². The largest absolute Gasteiger partial charge is 0.481 e. The van der Waals surface area contributed by atoms with Crippen LogP contribution >= 0.6 is 0 Å². The van der Waals surface area contributed by atoms with Crippen molar-refractivity contribution >= 4 is 11.3 Å². The molecule has 212 valence electrons. The molecule has 42 heavy (non-hydrogen) atoms. The number of methoxy groups -OCH3 is 1. The average Bonchev–Trinajstić information content (AvgIpc) is 3.67. The highest BCUT2D eigenvalue weighted by atomic mass is 19.1. The van der Waals surface area contributed by atoms with E-state index < -0.39 is 12.2 Å². The van der Waals surface area contributed by atoms with Gasteiger partial charge in [0, 0.05) is 85.8 Å². The zero-order valence-electron chi connectivity index (χ0n) is 23.2. The lowest BCUT2D eigenvalue weighted by Crippen LogP contribution is -2.71. The third kappa shape index (κ3) is 4.17. The summed E-state index contributed by atoms with van der Waals surface area (Å²) in [5.74, 6) is 1.30. The van der Waals surface area contributed by atoms with Gasteiger partial charge in [-0.3, -0.25) is 9.58 Å². The summed E-state index contributed by atoms with van der Waals surface area (Å²) in [7, 11) is 3.45. The van der Waals surface area contributed by atoms with E-state index in [9.17, 15) is 9.65 Å². The second-order valence-corrected chi connectivity index (χ2v) is 11.1. The molecule has 2 fully saturated rings. The van der Waals surface area contributed by atoms with Crippen LogP contribution in [0, 0.1) is 11.3 Å². The monoisotopic (exact) mass is 564 g/mol. The van der Waals surface area contributed by atoms with Crippen LogP contribution < -0.4 is 15.4 Å². The molecule has 0 aromatic carbocycles. The van der Waals surface area contributed by atoms with Gasteiger partial charge in [0.05, 0.1) is 42.2 Å². The first-order chi connectivity index (χ1) is 20.4. The van der Waals surface area contributed by atoms with Crippen molar-refractivity contribution in [2.45, 2.75) is 24.2 Å². The number of likely N-dealkylation sites (tertiary alicyclic amines) is 1. The van der Waals surface area contributed by atoms with Gasteiger partial charge >= 0.3 is 0 Å². The predicted octanol–water partition coefficient (Wildman–Crippen LogP) is 2.81. The van der Waals surface area contributed by atoms with Crippen molar-refractivity contribution < 1.29 is 9.13 Å². The summed E-state index contributed by atoms with van der Waals surface area (Å²) in [6.45, 7) is 1.14. The van der Waals surface area contributed by atoms with Gasteiger partial charge in [-0.25, -0.2) is 18.9 Å². The minimum atomic E-state index is -1.01. The molecule has 5 aromatic rings. The Morgan fingerprint density at radius 3 is 2.62 bits per heavy atom. The molecule has 2 N–H and O–H groups in total. The Kier molecular flexibility index (Phi) is 6.14. The third-order valence-corrected chi connectivity index (χ3v) is 8.40. The first kappa shape index (κ1) is 26.1. The number of hydrogen-bond donors (Lipinski definition) is 1. The van der Waals surface area contributed by atoms with E-state index in [4.69, 9.17) is 15.5 Å². The van der Waals surface area contributed by atoms with Gasteiger partial charge in [-0.15, -0.1) is 0 Å². The number of nitrogens with two attached hydrogens (primary N) is 1. The highest BCUT2D eigenvalue weighted by Crippen LogP contribution is 2.42. The normalized spacial score (nSPS) is 21.7. The number of alkyl halides is 1. The molecule has 7 heterocycles. The lowest BCUT2D eigenvalue weighted by molar-refractivity contribution is 0.191. The van der Waals surface area contributed by atoms with Crippen LogP contribution in [0.4, 0.5) is 10.2 Å². The van der Waals surface area contributed by atoms with Crippen LogP contribution in [0.2, 0.25) is 0 Å². The molecule has 7 rings (SSSR count). The average molecular weight is 565 g/mol. The van der Waals surface area contributed by atoms with Crippen LogP contribution in [-0.2, 0) is 13.6 Å². The van der Waals surface area contributed by atoms with E-state index >= 15 is 0 Å². The molecule has 2 aliphatic rings. The predicted molar refractivity (Wildman–Crippen MR) is 154 cm³/mol. The zero-order chi connectivity index (χ0) is 29.0. The summed E-state index contributed by atoms with van der Waals surface area (Å²) in [4.78, 5) is 13.4. The summed E-state index contributed by atoms with van der Waals surface area (Å²) < 4.78 is 23.1. The maximum atomic E-state index is 14.4. The third-order valence-electron chi connectivity index (χ3n) is 8.40. The second kappa shape index (κ2) is 9.90. The summed E-state index contributed by atoms with van der Waals surface area (Å²) in [6.07, 6.45) is 10.8. The van der Waals surface area contributed by atoms with Crippen molar-refractivity contribution in [2.75, 3.05) is 31.8 Å². The van der Waals surface area contributed by atoms with E-state index in [1.54, 1.807) is 41.1 Å². The number of aromatic nitrogens is 6. The van der Waals surface area contributed by atoms with Crippen LogP contribution in [-0.4, -0.2) is 78.8 Å². The Labute approximate surface area is 241 Å². The highest BCUT2D eigenvalue weighted by Gasteiger charge is 2.59. The van der Waals surface area contributed by atoms with Gasteiger partial charge in [-0.2, -0.15) is 15.5 Å². The van der Waals surface area contributed by atoms with Gasteiger partial charge in [0.1, 0.15) is 18.6 Å². The number of rotatable bonds is 7. The number of pyridine rings is 3. The summed E-state index contributed by atoms with van der Waals surface area (Å²) >= 11 is 0. The molecule has 0 saturated carbocycles. The van der Waals surface area contributed by atoms with Crippen molar-refractivity contribution in [1.82, 2.24) is 34.3 Å². The summed E-state index contributed by atoms with van der Waals surface area (Å²) in [5.41, 5.74) is 11.4. The van der Waals surface area contributed by atoms with Crippen LogP contribution in [0.25, 0.3) is 27.8 Å². The van der Waals surface area contributed by atoms with Gasteiger partial charge in [-0.05, 0) is 23.8 Å². The van der Waals surface area contributed by atoms with Gasteiger partial charge in [0.25, 0.3) is 0 Å². The minimum Gasteiger partial charge on any atom is -0.481 e. The molecule has 0 amide bonds. The Hall–Kier alpha value is -4.86. The van der Waals surface area contributed by atoms with Gasteiger partial charge in [0.15, 0.2) is 0 Å². The van der Waals surface area contributed by atoms with Crippen molar-refractivity contribution in [3.05, 3.63) is 78.6 Å². The molecule has 5 aromatic heterocycles. The fraction of sp³-hybridized carbons (Fsp3) is 0.300. The van der Waals surface area contributed by atoms with E-state index in [0.29, 0.717) is 36.6 Å². The van der Waals surface area contributed by atoms with Crippen molar-refractivity contribution in [3.63, 3.8) is 0 Å². The fourth-order valence-electron chi connectivity index (χ4n) is 6.34. The molecule has 0 bridgehead atoms. The second-order valence-electron chi connectivity index (χ2n) is 11.1. The standard InChI is InChI=1S/C30H29FN10O/c1-38-14-23(12-36-38)21-7-24(28-22(8-32)11-37-41(28)15-21)20-4-5-26(34-10-20)40-16-25-29(40)30(33,17-31)18-39(25)13-19-3-6-27(42-2)35-9-19/h3-7,9-12,14-15,25,29H,13,16-18,33H2,1-2H3/t25-,29+,30-/m0/s1. The zero-order valence-corrected chi connectivity index (χ0v) is 23.2. The number of aryl methyl sites for hydroxylation is 1. The molecule has 3 atom stereocenters. The molecule has 0 spiro atoms. The molecule has 0 unspecified atom stereocenters. The van der Waals surface area contributed by atoms with Crippen LogP contribution in [0.15, 0.2) is 67.5 Å². The molecule has 2 saturated heterocycles. The Balaban J connectivity index is 1.17. The molecule has 0 radical (unpaired) electrons. The smallest absolute Gasteiger partial charge is 0.212 e. The molecule has 2 aliphatic heterocycles. The number of anilines is 1. The van der Waals surface area contributed by atoms with Gasteiger partial charge < -0.3 is 15.4 Å². The fourth-order valence-corrected chi connectivity index (χ4v) is 6.34. The van der Waals surface area contributed by atoms with Crippen molar-refractivity contribution in [2.24, 2.45) is 12.8 Å². The number of halogens is 1. The number of nitrogens with zero attached hydrogens (tertiary/aromatic N) is 9. The SMILES string of the molecule is COc1ccc(CN2C[C@@](N)(CF)[C@H]3[C@@H]2CN3c2ccc(-c3cc(-c4cnn(C)c4)cn4ncc(C#N)c34)cn2)cn1. The van der Waals surface area contributed by atoms with E-state index in [1.165, 1.54) is 0 Å². The van der Waals surface area contributed by atoms with Crippen molar-refractivity contribution in [1.29, 1.82) is 5.26 Å². The Bertz CT molecular complexity index is 1810. The first-order valence-electron chi connectivity index (χ1n) is 13.6. The molecule has 12 heteroatoms. The maximum Gasteiger partial charge on any atom is 0.212 e. The summed E-state index contributed by atoms with van der Waals surface area (Å²) in [5, 5.41) is 18.5. The van der Waals surface area contributed by atoms with Crippen LogP contribution in [0.1, 0.15) is 11.1 Å². The first-order valence-corrected chi connectivity index (χ1v) is 13.6. The van der Waals surface area contributed by atoms with Gasteiger partial charge in [0.2, 0.25) is 5.88 Å². The van der Waals surface area contributed by atoms with E-state index in [1.807, 2.05) is 49.8 Å². The van der Waals surface area contributed by atoms with E-state index in [-0.39, 0.29) is 12.1 Å². The molecular weight excluding hydrogens is 535 g/mol. The van der Waals surface area contributed by atoms with Crippen molar-refractivity contribution in [3.8, 4) is 34.2 Å².